The van der Waals surface area contributed by atoms with Crippen molar-refractivity contribution in [3.8, 4) is 0 Å². The molecule has 5 atom stereocenters. The summed E-state index contributed by atoms with van der Waals surface area (Å²) >= 11 is 0. The van der Waals surface area contributed by atoms with Crippen LogP contribution in [0.2, 0.25) is 0 Å². The Morgan fingerprint density at radius 2 is 1.43 bits per heavy atom. The molecule has 0 saturated carbocycles. The molecule has 3 amide bonds. The van der Waals surface area contributed by atoms with Crippen LogP contribution >= 0.6 is 0 Å². The van der Waals surface area contributed by atoms with Crippen LogP contribution in [0, 0.1) is 0 Å². The molecule has 0 bridgehead atoms. The second-order valence-electron chi connectivity index (χ2n) is 12.1. The molecular formula is C29H44N4O14. The van der Waals surface area contributed by atoms with Gasteiger partial charge in [0.25, 0.3) is 0 Å². The maximum atomic E-state index is 12.8. The highest BCUT2D eigenvalue weighted by Gasteiger charge is 2.48. The minimum atomic E-state index is -1.64. The molecule has 47 heavy (non-hydrogen) atoms. The van der Waals surface area contributed by atoms with Crippen molar-refractivity contribution in [2.45, 2.75) is 111 Å². The molecule has 0 fully saturated rings. The van der Waals surface area contributed by atoms with E-state index in [1.165, 1.54) is 0 Å². The number of methoxy groups -OCH3 is 1. The molecule has 1 aliphatic heterocycles. The third-order valence-electron chi connectivity index (χ3n) is 5.37. The lowest BCUT2D eigenvalue weighted by molar-refractivity contribution is -0.188. The number of alkyl carbamates (subject to hydrolysis) is 1. The molecule has 264 valence electrons. The average molecular weight is 673 g/mol. The van der Waals surface area contributed by atoms with Gasteiger partial charge in [0.2, 0.25) is 17.6 Å². The van der Waals surface area contributed by atoms with Gasteiger partial charge in [0.15, 0.2) is 18.3 Å². The van der Waals surface area contributed by atoms with Crippen molar-refractivity contribution >= 4 is 47.9 Å². The van der Waals surface area contributed by atoms with E-state index in [0.717, 1.165) is 40.9 Å². The van der Waals surface area contributed by atoms with Gasteiger partial charge in [-0.25, -0.2) is 14.4 Å². The number of carbonyl (C=O) groups is 7. The highest BCUT2D eigenvalue weighted by atomic mass is 16.6. The van der Waals surface area contributed by atoms with Crippen molar-refractivity contribution in [3.05, 3.63) is 11.8 Å². The summed E-state index contributed by atoms with van der Waals surface area (Å²) in [6.45, 7) is 13.2. The summed E-state index contributed by atoms with van der Waals surface area (Å²) in [5, 5.41) is 7.64. The minimum absolute atomic E-state index is 0.489. The van der Waals surface area contributed by atoms with E-state index >= 15 is 0 Å². The number of carbonyl (C=O) groups excluding carboxylic acids is 7. The summed E-state index contributed by atoms with van der Waals surface area (Å²) in [7, 11) is 1.05. The first-order chi connectivity index (χ1) is 21.5. The molecule has 1 aliphatic rings. The monoisotopic (exact) mass is 672 g/mol. The molecule has 1 unspecified atom stereocenters. The van der Waals surface area contributed by atoms with Crippen molar-refractivity contribution in [3.63, 3.8) is 0 Å². The quantitative estimate of drug-likeness (QED) is 0.135. The van der Waals surface area contributed by atoms with Gasteiger partial charge in [-0.3, -0.25) is 24.5 Å². The van der Waals surface area contributed by atoms with E-state index in [1.807, 2.05) is 0 Å². The van der Waals surface area contributed by atoms with Crippen molar-refractivity contribution < 1.29 is 66.7 Å². The lowest BCUT2D eigenvalue weighted by Gasteiger charge is -2.42. The van der Waals surface area contributed by atoms with Crippen LogP contribution in [-0.2, 0) is 57.1 Å². The van der Waals surface area contributed by atoms with Gasteiger partial charge in [0.1, 0.15) is 17.8 Å². The van der Waals surface area contributed by atoms with Crippen LogP contribution in [0.3, 0.4) is 0 Å². The first-order valence-electron chi connectivity index (χ1n) is 14.3. The number of nitrogens with one attached hydrogen (secondary N) is 3. The van der Waals surface area contributed by atoms with Crippen LogP contribution in [0.5, 0.6) is 0 Å². The fourth-order valence-electron chi connectivity index (χ4n) is 3.94. The molecule has 18 nitrogen and oxygen atoms in total. The Balaban J connectivity index is 3.88. The fourth-order valence-corrected chi connectivity index (χ4v) is 3.94. The number of ether oxygens (including phenoxy) is 7. The first kappa shape index (κ1) is 40.1. The highest BCUT2D eigenvalue weighted by Crippen LogP contribution is 2.27. The molecule has 0 saturated heterocycles. The van der Waals surface area contributed by atoms with Gasteiger partial charge in [-0.2, -0.15) is 0 Å². The first-order valence-corrected chi connectivity index (χ1v) is 14.3. The fraction of sp³-hybridized carbons (Fsp3) is 0.655. The summed E-state index contributed by atoms with van der Waals surface area (Å²) in [5.74, 6) is -5.25. The zero-order valence-electron chi connectivity index (χ0n) is 28.3. The molecule has 0 aromatic heterocycles. The smallest absolute Gasteiger partial charge is 0.437 e. The van der Waals surface area contributed by atoms with E-state index in [9.17, 15) is 33.6 Å². The topological polar surface area (TPSA) is 233 Å². The number of aliphatic imine (C=N–C) groups is 1. The number of guanidine groups is 1. The maximum Gasteiger partial charge on any atom is 0.437 e. The largest absolute Gasteiger partial charge is 0.477 e. The number of rotatable bonds is 9. The molecule has 1 heterocycles. The van der Waals surface area contributed by atoms with Crippen molar-refractivity contribution in [1.82, 2.24) is 16.0 Å². The Morgan fingerprint density at radius 3 is 1.89 bits per heavy atom. The Kier molecular flexibility index (Phi) is 14.6. The number of nitrogens with zero attached hydrogens (tertiary/aromatic N) is 1. The van der Waals surface area contributed by atoms with Gasteiger partial charge >= 0.3 is 36.1 Å². The third-order valence-corrected chi connectivity index (χ3v) is 5.37. The summed E-state index contributed by atoms with van der Waals surface area (Å²) in [5.41, 5.74) is -1.95. The van der Waals surface area contributed by atoms with Crippen LogP contribution in [-0.4, -0.2) is 103 Å². The van der Waals surface area contributed by atoms with Crippen LogP contribution < -0.4 is 16.0 Å². The van der Waals surface area contributed by atoms with E-state index in [2.05, 4.69) is 20.9 Å². The zero-order valence-corrected chi connectivity index (χ0v) is 28.3. The SMILES string of the molecule is COC(=O)C1=C[C@H](N/C(=N\C(=O)OC(C)(C)C)NC(=O)OC(C)(C)C)[C@@H](NC(C)=O)C([C@H](OC(C)=O)[C@@H](COC(C)=O)OC(C)=O)O1. The van der Waals surface area contributed by atoms with E-state index in [-0.39, 0.29) is 0 Å². The second-order valence-corrected chi connectivity index (χ2v) is 12.1. The zero-order chi connectivity index (χ0) is 36.3. The molecule has 3 N–H and O–H groups in total. The molecule has 0 radical (unpaired) electrons. The predicted octanol–water partition coefficient (Wildman–Crippen LogP) is 1.15. The van der Waals surface area contributed by atoms with Gasteiger partial charge in [-0.15, -0.1) is 4.99 Å². The number of hydrogen-bond acceptors (Lipinski definition) is 14. The molecule has 0 aromatic carbocycles. The normalized spacial score (nSPS) is 19.3. The molecule has 0 aliphatic carbocycles. The van der Waals surface area contributed by atoms with Crippen molar-refractivity contribution in [1.29, 1.82) is 0 Å². The lowest BCUT2D eigenvalue weighted by Crippen LogP contribution is -2.65. The third kappa shape index (κ3) is 15.3. The molecule has 1 rings (SSSR count). The number of amides is 3. The second kappa shape index (κ2) is 17.1. The molecule has 0 aromatic rings. The van der Waals surface area contributed by atoms with Crippen molar-refractivity contribution in [2.75, 3.05) is 13.7 Å². The van der Waals surface area contributed by atoms with Crippen LogP contribution in [0.4, 0.5) is 9.59 Å². The average Bonchev–Trinajstić information content (AvgIpc) is 2.87. The van der Waals surface area contributed by atoms with Gasteiger partial charge in [-0.05, 0) is 47.6 Å². The molecular weight excluding hydrogens is 628 g/mol. The number of hydrogen-bond donors (Lipinski definition) is 3. The summed E-state index contributed by atoms with van der Waals surface area (Å²) < 4.78 is 37.0. The molecule has 0 spiro atoms. The Morgan fingerprint density at radius 1 is 0.851 bits per heavy atom. The van der Waals surface area contributed by atoms with E-state index in [1.54, 1.807) is 41.5 Å². The van der Waals surface area contributed by atoms with Gasteiger partial charge in [-0.1, -0.05) is 0 Å². The number of esters is 4. The summed E-state index contributed by atoms with van der Waals surface area (Å²) in [6, 6.07) is -2.66. The van der Waals surface area contributed by atoms with E-state index in [0.29, 0.717) is 0 Å². The highest BCUT2D eigenvalue weighted by molar-refractivity contribution is 5.99. The Labute approximate surface area is 272 Å². The maximum absolute atomic E-state index is 12.8. The van der Waals surface area contributed by atoms with Gasteiger partial charge in [0, 0.05) is 27.7 Å². The molecule has 18 heteroatoms. The lowest BCUT2D eigenvalue weighted by atomic mass is 9.91. The Bertz CT molecular complexity index is 1260. The standard InChI is InChI=1S/C29H44N4O14/c1-14(34)30-21-18(31-25(32-26(39)46-28(5,6)7)33-27(40)47-29(8,9)10)12-19(24(38)41-11)45-23(21)22(44-17(4)37)20(43-16(3)36)13-42-15(2)35/h12,18,20-23H,13H2,1-11H3,(H,30,34)(H2,31,32,33,39,40)/t18-,20+,21+,22+,23?/m0/s1. The van der Waals surface area contributed by atoms with Crippen LogP contribution in [0.25, 0.3) is 0 Å². The van der Waals surface area contributed by atoms with E-state index < -0.39 is 102 Å². The van der Waals surface area contributed by atoms with Crippen LogP contribution in [0.15, 0.2) is 16.8 Å². The van der Waals surface area contributed by atoms with Crippen molar-refractivity contribution in [2.24, 2.45) is 4.99 Å². The minimum Gasteiger partial charge on any atom is -0.477 e. The van der Waals surface area contributed by atoms with Crippen LogP contribution in [0.1, 0.15) is 69.2 Å². The van der Waals surface area contributed by atoms with Gasteiger partial charge < -0.3 is 43.8 Å². The summed E-state index contributed by atoms with van der Waals surface area (Å²) in [6.07, 6.45) is -5.78. The Hall–Kier alpha value is -4.90. The van der Waals surface area contributed by atoms with E-state index in [4.69, 9.17) is 33.2 Å². The van der Waals surface area contributed by atoms with Gasteiger partial charge in [0.05, 0.1) is 19.2 Å². The summed E-state index contributed by atoms with van der Waals surface area (Å²) in [4.78, 5) is 90.4. The predicted molar refractivity (Wildman–Crippen MR) is 160 cm³/mol.